The van der Waals surface area contributed by atoms with E-state index in [4.69, 9.17) is 0 Å². The number of hydrogen-bond acceptors (Lipinski definition) is 3. The lowest BCUT2D eigenvalue weighted by Crippen LogP contribution is -2.26. The highest BCUT2D eigenvalue weighted by molar-refractivity contribution is 6.50. The first-order valence-electron chi connectivity index (χ1n) is 11.9. The zero-order valence-electron chi connectivity index (χ0n) is 19.9. The second-order valence-corrected chi connectivity index (χ2v) is 8.79. The lowest BCUT2D eigenvalue weighted by molar-refractivity contribution is -0.132. The van der Waals surface area contributed by atoms with Crippen LogP contribution < -0.4 is 0 Å². The van der Waals surface area contributed by atoms with Gasteiger partial charge in [-0.05, 0) is 65.7 Å². The van der Waals surface area contributed by atoms with Gasteiger partial charge in [0.05, 0.1) is 0 Å². The van der Waals surface area contributed by atoms with Gasteiger partial charge in [-0.15, -0.1) is 0 Å². The summed E-state index contributed by atoms with van der Waals surface area (Å²) in [5, 5.41) is 11.0. The van der Waals surface area contributed by atoms with Gasteiger partial charge in [0.1, 0.15) is 5.76 Å². The predicted octanol–water partition coefficient (Wildman–Crippen LogP) is 7.88. The molecule has 168 valence electrons. The fourth-order valence-corrected chi connectivity index (χ4v) is 3.81. The average Bonchev–Trinajstić information content (AvgIpc) is 2.70. The number of allylic oxidation sites excluding steroid dienone is 7. The van der Waals surface area contributed by atoms with Crippen molar-refractivity contribution in [2.45, 2.75) is 112 Å². The third-order valence-electron chi connectivity index (χ3n) is 5.75. The third-order valence-corrected chi connectivity index (χ3v) is 5.75. The van der Waals surface area contributed by atoms with E-state index in [9.17, 15) is 14.7 Å². The highest BCUT2D eigenvalue weighted by Crippen LogP contribution is 2.33. The molecule has 0 radical (unpaired) electrons. The van der Waals surface area contributed by atoms with Gasteiger partial charge >= 0.3 is 0 Å². The van der Waals surface area contributed by atoms with Crippen molar-refractivity contribution in [3.63, 3.8) is 0 Å². The van der Waals surface area contributed by atoms with Crippen molar-refractivity contribution in [1.82, 2.24) is 0 Å². The Kier molecular flexibility index (Phi) is 12.3. The molecule has 0 unspecified atom stereocenters. The smallest absolute Gasteiger partial charge is 0.233 e. The molecule has 0 aromatic heterocycles. The van der Waals surface area contributed by atoms with Crippen molar-refractivity contribution < 1.29 is 14.7 Å². The number of unbranched alkanes of at least 4 members (excludes halogenated alkanes) is 5. The van der Waals surface area contributed by atoms with Crippen molar-refractivity contribution in [3.05, 3.63) is 45.8 Å². The van der Waals surface area contributed by atoms with Crippen molar-refractivity contribution in [3.8, 4) is 0 Å². The summed E-state index contributed by atoms with van der Waals surface area (Å²) in [7, 11) is 0. The number of rotatable bonds is 14. The minimum absolute atomic E-state index is 0.0796. The molecule has 0 aliphatic heterocycles. The number of ketones is 2. The molecular weight excluding hydrogens is 372 g/mol. The van der Waals surface area contributed by atoms with Crippen molar-refractivity contribution in [2.75, 3.05) is 0 Å². The van der Waals surface area contributed by atoms with Crippen LogP contribution in [0.25, 0.3) is 0 Å². The minimum Gasteiger partial charge on any atom is -0.507 e. The second-order valence-electron chi connectivity index (χ2n) is 8.79. The molecule has 0 spiro atoms. The van der Waals surface area contributed by atoms with E-state index in [1.54, 1.807) is 0 Å². The van der Waals surface area contributed by atoms with Gasteiger partial charge in [0.25, 0.3) is 0 Å². The number of carbonyl (C=O) groups excluding carboxylic acids is 2. The van der Waals surface area contributed by atoms with Crippen LogP contribution >= 0.6 is 0 Å². The van der Waals surface area contributed by atoms with Gasteiger partial charge in [-0.2, -0.15) is 0 Å². The summed E-state index contributed by atoms with van der Waals surface area (Å²) >= 11 is 0. The maximum absolute atomic E-state index is 12.9. The summed E-state index contributed by atoms with van der Waals surface area (Å²) in [4.78, 5) is 25.7. The summed E-state index contributed by atoms with van der Waals surface area (Å²) in [5.74, 6) is -0.819. The average molecular weight is 415 g/mol. The van der Waals surface area contributed by atoms with Gasteiger partial charge in [-0.1, -0.05) is 69.2 Å². The molecule has 0 heterocycles. The van der Waals surface area contributed by atoms with Crippen molar-refractivity contribution in [1.29, 1.82) is 0 Å². The fraction of sp³-hybridized carbons (Fsp3) is 0.630. The van der Waals surface area contributed by atoms with Gasteiger partial charge in [-0.25, -0.2) is 0 Å². The Bertz CT molecular complexity index is 712. The highest BCUT2D eigenvalue weighted by Gasteiger charge is 2.33. The van der Waals surface area contributed by atoms with E-state index >= 15 is 0 Å². The maximum Gasteiger partial charge on any atom is 0.233 e. The summed E-state index contributed by atoms with van der Waals surface area (Å²) in [6, 6.07) is 0. The summed E-state index contributed by atoms with van der Waals surface area (Å²) < 4.78 is 0. The van der Waals surface area contributed by atoms with Crippen LogP contribution in [-0.2, 0) is 9.59 Å². The third kappa shape index (κ3) is 8.45. The molecule has 30 heavy (non-hydrogen) atoms. The molecule has 0 amide bonds. The van der Waals surface area contributed by atoms with E-state index in [0.717, 1.165) is 63.4 Å². The number of aliphatic hydroxyl groups excluding tert-OH is 1. The molecule has 3 heteroatoms. The van der Waals surface area contributed by atoms with Crippen molar-refractivity contribution in [2.24, 2.45) is 0 Å². The van der Waals surface area contributed by atoms with Crippen LogP contribution in [0.5, 0.6) is 0 Å². The van der Waals surface area contributed by atoms with Gasteiger partial charge in [-0.3, -0.25) is 9.59 Å². The van der Waals surface area contributed by atoms with Crippen LogP contribution in [0.4, 0.5) is 0 Å². The van der Waals surface area contributed by atoms with Crippen molar-refractivity contribution >= 4 is 11.6 Å². The largest absolute Gasteiger partial charge is 0.507 e. The summed E-state index contributed by atoms with van der Waals surface area (Å²) in [6.07, 6.45) is 15.0. The molecule has 0 saturated heterocycles. The number of aliphatic hydroxyl groups is 1. The highest BCUT2D eigenvalue weighted by atomic mass is 16.3. The van der Waals surface area contributed by atoms with Gasteiger partial charge < -0.3 is 5.11 Å². The van der Waals surface area contributed by atoms with E-state index < -0.39 is 5.78 Å². The summed E-state index contributed by atoms with van der Waals surface area (Å²) in [6.45, 7) is 10.5. The van der Waals surface area contributed by atoms with Gasteiger partial charge in [0, 0.05) is 16.7 Å². The van der Waals surface area contributed by atoms with E-state index in [1.165, 1.54) is 11.1 Å². The molecule has 0 atom stereocenters. The zero-order chi connectivity index (χ0) is 22.5. The Morgan fingerprint density at radius 2 is 1.33 bits per heavy atom. The molecule has 0 fully saturated rings. The van der Waals surface area contributed by atoms with E-state index in [1.807, 2.05) is 13.0 Å². The predicted molar refractivity (Wildman–Crippen MR) is 127 cm³/mol. The molecule has 0 aromatic rings. The SMILES string of the molecule is CCCCCCC1=C(CCCCC)C(=O)C(=O)C(C/C=C(\C)CCC=C(C)C)=C1O. The second kappa shape index (κ2) is 14.2. The normalized spacial score (nSPS) is 15.3. The molecule has 1 aliphatic carbocycles. The lowest BCUT2D eigenvalue weighted by Gasteiger charge is -2.21. The Balaban J connectivity index is 3.07. The Labute approximate surface area is 184 Å². The van der Waals surface area contributed by atoms with Crippen LogP contribution in [0.3, 0.4) is 0 Å². The maximum atomic E-state index is 12.9. The molecule has 1 rings (SSSR count). The van der Waals surface area contributed by atoms with Crippen LogP contribution in [-0.4, -0.2) is 16.7 Å². The first-order chi connectivity index (χ1) is 14.3. The Morgan fingerprint density at radius 3 is 1.97 bits per heavy atom. The Hall–Kier alpha value is -1.90. The molecular formula is C27H42O3. The van der Waals surface area contributed by atoms with Gasteiger partial charge in [0.15, 0.2) is 0 Å². The summed E-state index contributed by atoms with van der Waals surface area (Å²) in [5.41, 5.74) is 4.05. The fourth-order valence-electron chi connectivity index (χ4n) is 3.81. The topological polar surface area (TPSA) is 54.4 Å². The quantitative estimate of drug-likeness (QED) is 0.136. The van der Waals surface area contributed by atoms with E-state index in [2.05, 4.69) is 33.8 Å². The monoisotopic (exact) mass is 414 g/mol. The van der Waals surface area contributed by atoms with Crippen LogP contribution in [0.2, 0.25) is 0 Å². The standard InChI is InChI=1S/C27H42O3/c1-6-8-10-12-17-22-23(16-11-9-7-2)26(29)27(30)24(25(22)28)19-18-21(5)15-13-14-20(3)4/h14,18,28H,6-13,15-17,19H2,1-5H3/b21-18+. The Morgan fingerprint density at radius 1 is 0.767 bits per heavy atom. The number of carbonyl (C=O) groups is 2. The zero-order valence-corrected chi connectivity index (χ0v) is 19.9. The first kappa shape index (κ1) is 26.1. The van der Waals surface area contributed by atoms with Crippen LogP contribution in [0, 0.1) is 0 Å². The number of hydrogen-bond donors (Lipinski definition) is 1. The molecule has 0 aromatic carbocycles. The molecule has 1 N–H and O–H groups in total. The molecule has 0 saturated carbocycles. The molecule has 0 bridgehead atoms. The molecule has 1 aliphatic rings. The number of Topliss-reactive ketones (excluding diaryl/α,β-unsaturated/α-hetero) is 2. The van der Waals surface area contributed by atoms with Crippen LogP contribution in [0.15, 0.2) is 45.8 Å². The van der Waals surface area contributed by atoms with E-state index in [0.29, 0.717) is 24.8 Å². The van der Waals surface area contributed by atoms with E-state index in [-0.39, 0.29) is 17.1 Å². The lowest BCUT2D eigenvalue weighted by atomic mass is 9.82. The van der Waals surface area contributed by atoms with Gasteiger partial charge in [0.2, 0.25) is 11.6 Å². The molecule has 3 nitrogen and oxygen atoms in total. The minimum atomic E-state index is -0.510. The first-order valence-corrected chi connectivity index (χ1v) is 11.9. The van der Waals surface area contributed by atoms with Crippen LogP contribution in [0.1, 0.15) is 112 Å².